The number of halogens is 1. The number of nitrogens with two attached hydrogens (primary N) is 1. The van der Waals surface area contributed by atoms with Crippen LogP contribution in [-0.2, 0) is 9.59 Å². The molecule has 0 bridgehead atoms. The lowest BCUT2D eigenvalue weighted by Gasteiger charge is -2.14. The van der Waals surface area contributed by atoms with Crippen molar-refractivity contribution in [2.75, 3.05) is 5.73 Å². The van der Waals surface area contributed by atoms with E-state index in [9.17, 15) is 18.8 Å². The van der Waals surface area contributed by atoms with Crippen LogP contribution in [0, 0.1) is 5.82 Å². The molecule has 7 nitrogen and oxygen atoms in total. The van der Waals surface area contributed by atoms with Crippen molar-refractivity contribution in [1.82, 2.24) is 5.32 Å². The smallest absolute Gasteiger partial charge is 0.326 e. The number of nitrogen functional groups attached to an aromatic ring is 1. The normalized spacial score (nSPS) is 11.7. The van der Waals surface area contributed by atoms with E-state index >= 15 is 0 Å². The summed E-state index contributed by atoms with van der Waals surface area (Å²) in [5, 5.41) is 19.5. The summed E-state index contributed by atoms with van der Waals surface area (Å²) in [7, 11) is 0. The number of carbonyl (C=O) groups is 3. The minimum atomic E-state index is -1.39. The maximum atomic E-state index is 13.0. The number of hydrogen-bond donors (Lipinski definition) is 4. The zero-order chi connectivity index (χ0) is 15.3. The van der Waals surface area contributed by atoms with Gasteiger partial charge in [-0.05, 0) is 24.6 Å². The molecule has 0 radical (unpaired) electrons. The summed E-state index contributed by atoms with van der Waals surface area (Å²) in [6.45, 7) is 0. The maximum Gasteiger partial charge on any atom is 0.326 e. The molecule has 0 saturated carbocycles. The van der Waals surface area contributed by atoms with Gasteiger partial charge in [0.05, 0.1) is 5.56 Å². The Balaban J connectivity index is 2.82. The van der Waals surface area contributed by atoms with Gasteiger partial charge in [0.1, 0.15) is 11.9 Å². The molecule has 0 fully saturated rings. The molecule has 0 aromatic heterocycles. The Hall–Kier alpha value is -2.64. The monoisotopic (exact) mass is 284 g/mol. The molecule has 0 aliphatic carbocycles. The number of aliphatic carboxylic acids is 2. The van der Waals surface area contributed by atoms with Crippen molar-refractivity contribution in [2.24, 2.45) is 0 Å². The van der Waals surface area contributed by atoms with Crippen LogP contribution in [-0.4, -0.2) is 34.1 Å². The molecule has 1 unspecified atom stereocenters. The number of amides is 1. The molecule has 20 heavy (non-hydrogen) atoms. The van der Waals surface area contributed by atoms with Crippen LogP contribution < -0.4 is 11.1 Å². The van der Waals surface area contributed by atoms with Gasteiger partial charge >= 0.3 is 11.9 Å². The zero-order valence-corrected chi connectivity index (χ0v) is 10.3. The van der Waals surface area contributed by atoms with Crippen molar-refractivity contribution >= 4 is 23.5 Å². The van der Waals surface area contributed by atoms with Crippen molar-refractivity contribution in [1.29, 1.82) is 0 Å². The molecule has 1 aromatic rings. The van der Waals surface area contributed by atoms with Gasteiger partial charge in [0.2, 0.25) is 0 Å². The quantitative estimate of drug-likeness (QED) is 0.561. The van der Waals surface area contributed by atoms with Crippen LogP contribution in [0.2, 0.25) is 0 Å². The van der Waals surface area contributed by atoms with Gasteiger partial charge in [0.15, 0.2) is 0 Å². The Morgan fingerprint density at radius 1 is 1.30 bits per heavy atom. The van der Waals surface area contributed by atoms with E-state index in [1.807, 2.05) is 0 Å². The van der Waals surface area contributed by atoms with E-state index in [2.05, 4.69) is 5.32 Å². The predicted molar refractivity (Wildman–Crippen MR) is 66.6 cm³/mol. The van der Waals surface area contributed by atoms with E-state index < -0.39 is 36.1 Å². The number of hydrogen-bond acceptors (Lipinski definition) is 4. The van der Waals surface area contributed by atoms with Crippen LogP contribution in [0.4, 0.5) is 10.1 Å². The first-order valence-electron chi connectivity index (χ1n) is 5.61. The first-order valence-corrected chi connectivity index (χ1v) is 5.61. The third-order valence-electron chi connectivity index (χ3n) is 2.51. The van der Waals surface area contributed by atoms with Crippen LogP contribution in [0.3, 0.4) is 0 Å². The number of benzene rings is 1. The molecular formula is C12H13FN2O5. The lowest BCUT2D eigenvalue weighted by molar-refractivity contribution is -0.140. The Morgan fingerprint density at radius 3 is 2.50 bits per heavy atom. The van der Waals surface area contributed by atoms with Crippen molar-refractivity contribution < 1.29 is 29.0 Å². The van der Waals surface area contributed by atoms with Gasteiger partial charge in [-0.25, -0.2) is 9.18 Å². The number of nitrogens with one attached hydrogen (secondary N) is 1. The van der Waals surface area contributed by atoms with Gasteiger partial charge in [0, 0.05) is 12.1 Å². The third-order valence-corrected chi connectivity index (χ3v) is 2.51. The second-order valence-corrected chi connectivity index (χ2v) is 4.03. The van der Waals surface area contributed by atoms with E-state index in [0.29, 0.717) is 0 Å². The standard InChI is InChI=1S/C12H13FN2O5/c13-6-1-2-8(14)7(5-6)11(18)15-9(12(19)20)3-4-10(16)17/h1-2,5,9H,3-4,14H2,(H,15,18)(H,16,17)(H,19,20). The molecule has 0 heterocycles. The maximum absolute atomic E-state index is 13.0. The van der Waals surface area contributed by atoms with Crippen LogP contribution in [0.25, 0.3) is 0 Å². The molecule has 1 atom stereocenters. The van der Waals surface area contributed by atoms with Gasteiger partial charge in [-0.2, -0.15) is 0 Å². The summed E-state index contributed by atoms with van der Waals surface area (Å²) in [5.74, 6) is -4.13. The van der Waals surface area contributed by atoms with Crippen LogP contribution >= 0.6 is 0 Å². The molecule has 5 N–H and O–H groups in total. The van der Waals surface area contributed by atoms with Crippen molar-refractivity contribution in [3.8, 4) is 0 Å². The molecule has 1 amide bonds. The topological polar surface area (TPSA) is 130 Å². The van der Waals surface area contributed by atoms with Crippen molar-refractivity contribution in [3.63, 3.8) is 0 Å². The Kier molecular flexibility index (Phi) is 5.01. The van der Waals surface area contributed by atoms with E-state index in [1.54, 1.807) is 0 Å². The van der Waals surface area contributed by atoms with E-state index in [-0.39, 0.29) is 17.7 Å². The van der Waals surface area contributed by atoms with Crippen molar-refractivity contribution in [3.05, 3.63) is 29.6 Å². The third kappa shape index (κ3) is 4.23. The average Bonchev–Trinajstić information content (AvgIpc) is 2.36. The molecule has 0 spiro atoms. The first-order chi connectivity index (χ1) is 9.31. The highest BCUT2D eigenvalue weighted by Gasteiger charge is 2.22. The minimum absolute atomic E-state index is 0.00808. The largest absolute Gasteiger partial charge is 0.481 e. The summed E-state index contributed by atoms with van der Waals surface area (Å²) in [6, 6.07) is 1.73. The fourth-order valence-electron chi connectivity index (χ4n) is 1.49. The van der Waals surface area contributed by atoms with Crippen LogP contribution in [0.1, 0.15) is 23.2 Å². The molecule has 8 heteroatoms. The lowest BCUT2D eigenvalue weighted by Crippen LogP contribution is -2.41. The summed E-state index contributed by atoms with van der Waals surface area (Å²) in [4.78, 5) is 33.1. The summed E-state index contributed by atoms with van der Waals surface area (Å²) < 4.78 is 13.0. The highest BCUT2D eigenvalue weighted by atomic mass is 19.1. The highest BCUT2D eigenvalue weighted by molar-refractivity contribution is 6.00. The van der Waals surface area contributed by atoms with Crippen LogP contribution in [0.5, 0.6) is 0 Å². The molecule has 1 rings (SSSR count). The Labute approximate surface area is 113 Å². The number of carboxylic acid groups (broad SMARTS) is 2. The van der Waals surface area contributed by atoms with E-state index in [1.165, 1.54) is 6.07 Å². The molecule has 0 aliphatic heterocycles. The molecule has 108 valence electrons. The SMILES string of the molecule is Nc1ccc(F)cc1C(=O)NC(CCC(=O)O)C(=O)O. The van der Waals surface area contributed by atoms with Crippen molar-refractivity contribution in [2.45, 2.75) is 18.9 Å². The number of anilines is 1. The van der Waals surface area contributed by atoms with Gasteiger partial charge in [0.25, 0.3) is 5.91 Å². The van der Waals surface area contributed by atoms with Gasteiger partial charge in [-0.1, -0.05) is 0 Å². The molecular weight excluding hydrogens is 271 g/mol. The summed E-state index contributed by atoms with van der Waals surface area (Å²) >= 11 is 0. The predicted octanol–water partition coefficient (Wildman–Crippen LogP) is 0.456. The Morgan fingerprint density at radius 2 is 1.95 bits per heavy atom. The lowest BCUT2D eigenvalue weighted by atomic mass is 10.1. The Bertz CT molecular complexity index is 547. The molecule has 0 aliphatic rings. The zero-order valence-electron chi connectivity index (χ0n) is 10.3. The molecule has 1 aromatic carbocycles. The molecule has 0 saturated heterocycles. The summed E-state index contributed by atoms with van der Waals surface area (Å²) in [5.41, 5.74) is 5.29. The number of carbonyl (C=O) groups excluding carboxylic acids is 1. The van der Waals surface area contributed by atoms with Gasteiger partial charge < -0.3 is 21.3 Å². The van der Waals surface area contributed by atoms with E-state index in [4.69, 9.17) is 15.9 Å². The fourth-order valence-corrected chi connectivity index (χ4v) is 1.49. The van der Waals surface area contributed by atoms with E-state index in [0.717, 1.165) is 12.1 Å². The van der Waals surface area contributed by atoms with Gasteiger partial charge in [-0.3, -0.25) is 9.59 Å². The second kappa shape index (κ2) is 6.50. The average molecular weight is 284 g/mol. The number of rotatable bonds is 6. The van der Waals surface area contributed by atoms with Crippen LogP contribution in [0.15, 0.2) is 18.2 Å². The van der Waals surface area contributed by atoms with Gasteiger partial charge in [-0.15, -0.1) is 0 Å². The number of carboxylic acids is 2. The minimum Gasteiger partial charge on any atom is -0.481 e. The fraction of sp³-hybridized carbons (Fsp3) is 0.250. The second-order valence-electron chi connectivity index (χ2n) is 4.03. The highest BCUT2D eigenvalue weighted by Crippen LogP contribution is 2.13. The first kappa shape index (κ1) is 15.4. The summed E-state index contributed by atoms with van der Waals surface area (Å²) in [6.07, 6.45) is -0.707.